The third-order valence-electron chi connectivity index (χ3n) is 7.01. The molecule has 2 unspecified atom stereocenters. The number of aromatic nitrogens is 2. The summed E-state index contributed by atoms with van der Waals surface area (Å²) in [6, 6.07) is 7.15. The first-order valence-corrected chi connectivity index (χ1v) is 12.7. The van der Waals surface area contributed by atoms with Crippen LogP contribution in [0.4, 0.5) is 13.2 Å². The van der Waals surface area contributed by atoms with Crippen LogP contribution in [-0.4, -0.2) is 38.7 Å². The number of nitrogens with zero attached hydrogens (tertiary/aromatic N) is 2. The van der Waals surface area contributed by atoms with E-state index in [2.05, 4.69) is 15.3 Å². The van der Waals surface area contributed by atoms with Crippen molar-refractivity contribution in [2.24, 2.45) is 0 Å². The van der Waals surface area contributed by atoms with Crippen molar-refractivity contribution in [3.05, 3.63) is 99.2 Å². The van der Waals surface area contributed by atoms with Gasteiger partial charge in [-0.1, -0.05) is 23.7 Å². The van der Waals surface area contributed by atoms with E-state index in [0.717, 1.165) is 6.42 Å². The normalized spacial score (nSPS) is 16.7. The number of carbonyl (C=O) groups excluding carboxylic acids is 1. The van der Waals surface area contributed by atoms with E-state index in [-0.39, 0.29) is 41.3 Å². The van der Waals surface area contributed by atoms with Crippen LogP contribution in [0.3, 0.4) is 0 Å². The zero-order chi connectivity index (χ0) is 27.0. The Kier molecular flexibility index (Phi) is 7.43. The maximum atomic E-state index is 15.1. The fourth-order valence-electron chi connectivity index (χ4n) is 5.06. The van der Waals surface area contributed by atoms with E-state index in [4.69, 9.17) is 11.6 Å². The van der Waals surface area contributed by atoms with E-state index >= 15 is 8.78 Å². The van der Waals surface area contributed by atoms with E-state index in [0.29, 0.717) is 34.5 Å². The van der Waals surface area contributed by atoms with E-state index in [9.17, 15) is 14.3 Å². The average Bonchev–Trinajstić information content (AvgIpc) is 3.52. The number of nitrogens with one attached hydrogen (secondary N) is 2. The molecule has 0 radical (unpaired) electrons. The topological polar surface area (TPSA) is 81.2 Å². The Morgan fingerprint density at radius 1 is 1.21 bits per heavy atom. The molecule has 38 heavy (non-hydrogen) atoms. The molecule has 0 bridgehead atoms. The predicted octanol–water partition coefficient (Wildman–Crippen LogP) is 5.63. The van der Waals surface area contributed by atoms with Crippen LogP contribution in [0.15, 0.2) is 48.9 Å². The first-order valence-electron chi connectivity index (χ1n) is 12.3. The molecule has 3 heterocycles. The van der Waals surface area contributed by atoms with Crippen molar-refractivity contribution < 1.29 is 23.1 Å². The van der Waals surface area contributed by atoms with E-state index < -0.39 is 29.6 Å². The number of amides is 1. The highest BCUT2D eigenvalue weighted by Crippen LogP contribution is 2.36. The van der Waals surface area contributed by atoms with Crippen LogP contribution in [0.5, 0.6) is 0 Å². The van der Waals surface area contributed by atoms with Crippen molar-refractivity contribution in [2.45, 2.75) is 45.0 Å². The van der Waals surface area contributed by atoms with Gasteiger partial charge < -0.3 is 15.4 Å². The molecule has 5 rings (SSSR count). The van der Waals surface area contributed by atoms with Crippen molar-refractivity contribution in [3.8, 4) is 0 Å². The molecule has 1 aliphatic rings. The second-order valence-electron chi connectivity index (χ2n) is 9.54. The summed E-state index contributed by atoms with van der Waals surface area (Å²) in [6.07, 6.45) is 5.10. The molecule has 0 saturated carbocycles. The SMILES string of the molecule is CC(O)N1CCCC1c1ccc(Cc2cncc(C(=O)NCc3cc4c(Cl)c[nH]c4cc3F)c2)c(F)c1F. The molecule has 2 atom stereocenters. The lowest BCUT2D eigenvalue weighted by Gasteiger charge is -2.28. The number of rotatable bonds is 7. The van der Waals surface area contributed by atoms with Gasteiger partial charge in [0, 0.05) is 66.2 Å². The molecule has 1 fully saturated rings. The van der Waals surface area contributed by atoms with Crippen LogP contribution in [-0.2, 0) is 13.0 Å². The average molecular weight is 543 g/mol. The summed E-state index contributed by atoms with van der Waals surface area (Å²) >= 11 is 6.11. The van der Waals surface area contributed by atoms with Gasteiger partial charge >= 0.3 is 0 Å². The van der Waals surface area contributed by atoms with Crippen molar-refractivity contribution in [1.82, 2.24) is 20.2 Å². The number of halogens is 4. The van der Waals surface area contributed by atoms with Gasteiger partial charge in [-0.15, -0.1) is 0 Å². The second kappa shape index (κ2) is 10.8. The Hall–Kier alpha value is -3.40. The van der Waals surface area contributed by atoms with Gasteiger partial charge in [0.1, 0.15) is 12.0 Å². The molecule has 10 heteroatoms. The van der Waals surface area contributed by atoms with Crippen LogP contribution < -0.4 is 5.32 Å². The second-order valence-corrected chi connectivity index (χ2v) is 9.94. The minimum atomic E-state index is -0.955. The smallest absolute Gasteiger partial charge is 0.253 e. The predicted molar refractivity (Wildman–Crippen MR) is 138 cm³/mol. The Morgan fingerprint density at radius 2 is 2.03 bits per heavy atom. The lowest BCUT2D eigenvalue weighted by molar-refractivity contribution is 0.00821. The monoisotopic (exact) mass is 542 g/mol. The molecule has 4 aromatic rings. The minimum Gasteiger partial charge on any atom is -0.379 e. The number of H-pyrrole nitrogens is 1. The number of fused-ring (bicyclic) bond motifs is 1. The molecule has 2 aromatic heterocycles. The van der Waals surface area contributed by atoms with Gasteiger partial charge in [0.25, 0.3) is 5.91 Å². The maximum absolute atomic E-state index is 15.1. The van der Waals surface area contributed by atoms with Gasteiger partial charge in [-0.3, -0.25) is 14.7 Å². The molecular weight excluding hydrogens is 517 g/mol. The summed E-state index contributed by atoms with van der Waals surface area (Å²) in [5.41, 5.74) is 1.90. The first-order chi connectivity index (χ1) is 18.2. The number of aliphatic hydroxyl groups is 1. The minimum absolute atomic E-state index is 0.0270. The Bertz CT molecular complexity index is 1510. The molecule has 2 aromatic carbocycles. The lowest BCUT2D eigenvalue weighted by atomic mass is 9.98. The summed E-state index contributed by atoms with van der Waals surface area (Å²) in [5.74, 6) is -2.86. The molecule has 0 spiro atoms. The summed E-state index contributed by atoms with van der Waals surface area (Å²) in [4.78, 5) is 21.4. The molecular formula is C28H26ClF3N4O2. The lowest BCUT2D eigenvalue weighted by Crippen LogP contribution is -2.32. The third kappa shape index (κ3) is 5.14. The number of benzene rings is 2. The molecule has 3 N–H and O–H groups in total. The van der Waals surface area contributed by atoms with E-state index in [1.54, 1.807) is 36.2 Å². The van der Waals surface area contributed by atoms with Crippen LogP contribution in [0.1, 0.15) is 58.4 Å². The zero-order valence-electron chi connectivity index (χ0n) is 20.6. The number of aliphatic hydroxyl groups excluding tert-OH is 1. The molecule has 198 valence electrons. The van der Waals surface area contributed by atoms with Crippen molar-refractivity contribution in [2.75, 3.05) is 6.54 Å². The highest BCUT2D eigenvalue weighted by Gasteiger charge is 2.32. The van der Waals surface area contributed by atoms with Gasteiger partial charge in [0.2, 0.25) is 0 Å². The molecule has 1 aliphatic heterocycles. The molecule has 1 amide bonds. The van der Waals surface area contributed by atoms with Crippen molar-refractivity contribution in [3.63, 3.8) is 0 Å². The van der Waals surface area contributed by atoms with Crippen LogP contribution in [0, 0.1) is 17.5 Å². The van der Waals surface area contributed by atoms with Crippen molar-refractivity contribution in [1.29, 1.82) is 0 Å². The summed E-state index contributed by atoms with van der Waals surface area (Å²) in [6.45, 7) is 2.16. The Balaban J connectivity index is 1.29. The molecule has 6 nitrogen and oxygen atoms in total. The summed E-state index contributed by atoms with van der Waals surface area (Å²) in [7, 11) is 0. The number of aromatic amines is 1. The van der Waals surface area contributed by atoms with Gasteiger partial charge in [-0.2, -0.15) is 0 Å². The largest absolute Gasteiger partial charge is 0.379 e. The standard InChI is InChI=1S/C28H26ClF3N4O2/c1-15(37)36-6-2-3-25(36)20-5-4-17(26(31)27(20)32)7-16-8-19(12-33-11-16)28(38)35-13-18-9-21-22(29)14-34-24(21)10-23(18)30/h4-5,8-12,14-15,25,34,37H,2-3,6-7,13H2,1H3,(H,35,38). The van der Waals surface area contributed by atoms with Crippen molar-refractivity contribution >= 4 is 28.4 Å². The summed E-state index contributed by atoms with van der Waals surface area (Å²) in [5, 5.41) is 13.7. The third-order valence-corrected chi connectivity index (χ3v) is 7.33. The Labute approximate surface area is 222 Å². The van der Waals surface area contributed by atoms with Crippen LogP contribution in [0.2, 0.25) is 5.02 Å². The van der Waals surface area contributed by atoms with Gasteiger partial charge in [-0.25, -0.2) is 13.2 Å². The number of likely N-dealkylation sites (tertiary alicyclic amines) is 1. The summed E-state index contributed by atoms with van der Waals surface area (Å²) < 4.78 is 44.5. The van der Waals surface area contributed by atoms with Gasteiger partial charge in [0.05, 0.1) is 10.6 Å². The number of carbonyl (C=O) groups is 1. The quantitative estimate of drug-likeness (QED) is 0.283. The molecule has 1 saturated heterocycles. The number of hydrogen-bond donors (Lipinski definition) is 3. The van der Waals surface area contributed by atoms with Gasteiger partial charge in [0.15, 0.2) is 11.6 Å². The first kappa shape index (κ1) is 26.2. The maximum Gasteiger partial charge on any atom is 0.253 e. The van der Waals surface area contributed by atoms with Gasteiger partial charge in [-0.05, 0) is 49.1 Å². The van der Waals surface area contributed by atoms with Crippen LogP contribution in [0.25, 0.3) is 10.9 Å². The van der Waals surface area contributed by atoms with E-state index in [1.807, 2.05) is 0 Å². The van der Waals surface area contributed by atoms with Crippen LogP contribution >= 0.6 is 11.6 Å². The fraction of sp³-hybridized carbons (Fsp3) is 0.286. The highest BCUT2D eigenvalue weighted by atomic mass is 35.5. The number of hydrogen-bond acceptors (Lipinski definition) is 4. The van der Waals surface area contributed by atoms with E-state index in [1.165, 1.54) is 24.5 Å². The molecule has 0 aliphatic carbocycles. The Morgan fingerprint density at radius 3 is 2.82 bits per heavy atom. The highest BCUT2D eigenvalue weighted by molar-refractivity contribution is 6.35. The zero-order valence-corrected chi connectivity index (χ0v) is 21.3. The fourth-order valence-corrected chi connectivity index (χ4v) is 5.27. The number of pyridine rings is 1.